The summed E-state index contributed by atoms with van der Waals surface area (Å²) in [6.07, 6.45) is -11.3. The third-order valence-electron chi connectivity index (χ3n) is 17.8. The van der Waals surface area contributed by atoms with Crippen molar-refractivity contribution in [2.24, 2.45) is 23.7 Å². The van der Waals surface area contributed by atoms with Gasteiger partial charge in [-0.25, -0.2) is 87.4 Å². The third-order valence-corrected chi connectivity index (χ3v) is 30.2. The summed E-state index contributed by atoms with van der Waals surface area (Å²) in [6.45, 7) is 31.7. The molecule has 4 atom stereocenters. The topological polar surface area (TPSA) is 371 Å². The zero-order valence-electron chi connectivity index (χ0n) is 67.1. The summed E-state index contributed by atoms with van der Waals surface area (Å²) in [7, 11) is -11.1. The van der Waals surface area contributed by atoms with Gasteiger partial charge in [0.1, 0.15) is 0 Å². The second kappa shape index (κ2) is 41.2. The van der Waals surface area contributed by atoms with Crippen LogP contribution in [0.4, 0.5) is 28.8 Å². The molecule has 0 saturated carbocycles. The molecule has 6 rings (SSSR count). The van der Waals surface area contributed by atoms with Crippen LogP contribution in [-0.4, -0.2) is 161 Å². The lowest BCUT2D eigenvalue weighted by atomic mass is 9.74. The number of ether oxygens (including phenoxy) is 6. The summed E-state index contributed by atoms with van der Waals surface area (Å²) in [5, 5.41) is 5.89. The van der Waals surface area contributed by atoms with Gasteiger partial charge in [0.25, 0.3) is 0 Å². The molecule has 30 nitrogen and oxygen atoms in total. The van der Waals surface area contributed by atoms with Gasteiger partial charge in [-0.3, -0.25) is 0 Å². The van der Waals surface area contributed by atoms with E-state index < -0.39 is 197 Å². The molecule has 0 aromatic heterocycles. The molecule has 0 aliphatic rings. The number of hydrogen-bond acceptors (Lipinski definition) is 30. The molecular weight excluding hydrogens is 1590 g/mol. The molecule has 6 aromatic rings. The van der Waals surface area contributed by atoms with E-state index in [1.54, 1.807) is 72.8 Å². The smallest absolute Gasteiger partial charge is 0.432 e. The molecule has 0 heterocycles. The fourth-order valence-electron chi connectivity index (χ4n) is 10.8. The largest absolute Gasteiger partial charge is 0.549 e. The summed E-state index contributed by atoms with van der Waals surface area (Å²) < 4.78 is 33.1. The summed E-state index contributed by atoms with van der Waals surface area (Å²) in [5.74, 6) is -13.3. The molecule has 0 N–H and O–H groups in total. The van der Waals surface area contributed by atoms with Crippen molar-refractivity contribution >= 4 is 152 Å². The van der Waals surface area contributed by atoms with Crippen molar-refractivity contribution in [3.05, 3.63) is 179 Å². The fourth-order valence-corrected chi connectivity index (χ4v) is 17.8. The monoisotopic (exact) mass is 1680 g/mol. The second-order valence-electron chi connectivity index (χ2n) is 32.6. The average Bonchev–Trinajstić information content (AvgIpc) is 0.831. The molecule has 6 aromatic carbocycles. The highest BCUT2D eigenvalue weighted by Crippen LogP contribution is 2.35. The van der Waals surface area contributed by atoms with Gasteiger partial charge in [-0.1, -0.05) is 222 Å². The Labute approximate surface area is 666 Å². The molecule has 0 fully saturated rings. The molecule has 614 valence electrons. The van der Waals surface area contributed by atoms with Crippen LogP contribution in [0.2, 0.25) is 118 Å². The normalized spacial score (nSPS) is 12.7. The molecule has 0 spiro atoms. The first-order valence-electron chi connectivity index (χ1n) is 36.2. The van der Waals surface area contributed by atoms with Crippen molar-refractivity contribution in [3.8, 4) is 0 Å². The van der Waals surface area contributed by atoms with Crippen molar-refractivity contribution < 1.29 is 145 Å². The Morgan fingerprint density at radius 1 is 0.211 bits per heavy atom. The van der Waals surface area contributed by atoms with E-state index in [4.69, 9.17) is 87.1 Å². The first-order valence-corrected chi connectivity index (χ1v) is 57.2. The minimum absolute atomic E-state index is 0.00498. The van der Waals surface area contributed by atoms with Crippen LogP contribution < -0.4 is 31.1 Å². The zero-order chi connectivity index (χ0) is 84.5. The van der Waals surface area contributed by atoms with Crippen LogP contribution in [0.3, 0.4) is 0 Å². The van der Waals surface area contributed by atoms with Gasteiger partial charge in [0.05, 0.1) is 121 Å². The Morgan fingerprint density at radius 2 is 0.360 bits per heavy atom. The number of benzene rings is 6. The predicted molar refractivity (Wildman–Crippen MR) is 427 cm³/mol. The summed E-state index contributed by atoms with van der Waals surface area (Å²) in [5.41, 5.74) is -0.198. The molecule has 0 aliphatic heterocycles. The molecule has 114 heavy (non-hydrogen) atoms. The zero-order valence-corrected chi connectivity index (χ0v) is 73.1. The Kier molecular flexibility index (Phi) is 33.2. The lowest BCUT2D eigenvalue weighted by Crippen LogP contribution is -2.41. The van der Waals surface area contributed by atoms with Crippen LogP contribution in [0.1, 0.15) is 75.0 Å². The highest BCUT2D eigenvalue weighted by Gasteiger charge is 2.41. The number of hydrogen-bond donors (Lipinski definition) is 0. The highest BCUT2D eigenvalue weighted by atomic mass is 28.3. The van der Waals surface area contributed by atoms with Crippen LogP contribution in [0, 0.1) is 23.7 Å². The molecule has 0 saturated heterocycles. The maximum absolute atomic E-state index is 13.9. The van der Waals surface area contributed by atoms with E-state index in [0.717, 1.165) is 31.1 Å². The molecule has 0 amide bonds. The van der Waals surface area contributed by atoms with Crippen molar-refractivity contribution in [2.75, 3.05) is 39.6 Å². The van der Waals surface area contributed by atoms with Gasteiger partial charge in [-0.05, 0) is 85.6 Å². The minimum atomic E-state index is -1.87. The van der Waals surface area contributed by atoms with Crippen molar-refractivity contribution in [3.63, 3.8) is 0 Å². The van der Waals surface area contributed by atoms with Gasteiger partial charge < -0.3 is 28.4 Å². The summed E-state index contributed by atoms with van der Waals surface area (Å²) in [4.78, 5) is 220. The summed E-state index contributed by atoms with van der Waals surface area (Å²) >= 11 is 0. The standard InChI is InChI=1S/C78H98O30Si6/c1-109(2,3)59-31-19-51(20-32-59)67(79)97-103-73(85)91-45-43-57(47-93-75(87)105-99-69(81)53-23-35-61(36-24-53)111(7,8)9)65(49-95-77(89)107-101-71(83)55-27-39-63(40-28-55)113(13,14)15)66(50-96-78(90)108-102-72(84)56-29-41-64(42-30-56)114(16,17)18)58(48-94-76(88)106-100-70(82)54-25-37-62(38-26-54)112(10,11)12)44-46-92-74(86)104-98-68(80)52-21-33-60(34-22-52)110(4,5)6/h19-42,57-58,65-66H,43-50H2,1-18H3. The SMILES string of the molecule is C[Si](C)(C)c1ccc(C(=O)OOC(=O)OCCC(COC(=O)OOC(=O)c2ccc([Si](C)(C)C)cc2)C(COC(=O)OOC(=O)c2ccc([Si](C)(C)C)cc2)C(COC(=O)OOC(=O)c2ccc([Si](C)(C)C)cc2)C(CCOC(=O)OOC(=O)c2ccc([Si](C)(C)C)cc2)COC(=O)OOC(=O)c2ccc([Si](C)(C)C)cc2)cc1. The van der Waals surface area contributed by atoms with E-state index in [-0.39, 0.29) is 33.4 Å². The van der Waals surface area contributed by atoms with E-state index in [0.29, 0.717) is 0 Å². The molecule has 0 radical (unpaired) electrons. The minimum Gasteiger partial charge on any atom is -0.432 e. The number of rotatable bonds is 29. The first-order chi connectivity index (χ1) is 53.3. The Hall–Kier alpha value is -10.9. The molecule has 0 bridgehead atoms. The van der Waals surface area contributed by atoms with Gasteiger partial charge in [-0.2, -0.15) is 28.8 Å². The Morgan fingerprint density at radius 3 is 0.518 bits per heavy atom. The highest BCUT2D eigenvalue weighted by molar-refractivity contribution is 6.90. The van der Waals surface area contributed by atoms with E-state index in [1.165, 1.54) is 72.8 Å². The second-order valence-corrected chi connectivity index (χ2v) is 63.0. The van der Waals surface area contributed by atoms with Crippen molar-refractivity contribution in [1.29, 1.82) is 0 Å². The predicted octanol–water partition coefficient (Wildman–Crippen LogP) is 13.1. The molecule has 36 heteroatoms. The lowest BCUT2D eigenvalue weighted by molar-refractivity contribution is -0.212. The van der Waals surface area contributed by atoms with Crippen LogP contribution in [-0.2, 0) is 87.1 Å². The Balaban J connectivity index is 1.42. The molecule has 4 unspecified atom stereocenters. The van der Waals surface area contributed by atoms with Crippen molar-refractivity contribution in [2.45, 2.75) is 131 Å². The van der Waals surface area contributed by atoms with Crippen LogP contribution in [0.5, 0.6) is 0 Å². The van der Waals surface area contributed by atoms with Gasteiger partial charge in [0.15, 0.2) is 0 Å². The Bertz CT molecular complexity index is 4030. The first kappa shape index (κ1) is 91.9. The van der Waals surface area contributed by atoms with Crippen molar-refractivity contribution in [1.82, 2.24) is 0 Å². The molecule has 0 aliphatic carbocycles. The van der Waals surface area contributed by atoms with Gasteiger partial charge >= 0.3 is 72.7 Å². The van der Waals surface area contributed by atoms with E-state index >= 15 is 0 Å². The number of carbonyl (C=O) groups excluding carboxylic acids is 12. The lowest BCUT2D eigenvalue weighted by Gasteiger charge is -2.36. The fraction of sp³-hybridized carbons (Fsp3) is 0.385. The number of carbonyl (C=O) groups is 12. The van der Waals surface area contributed by atoms with Crippen LogP contribution in [0.25, 0.3) is 0 Å². The summed E-state index contributed by atoms with van der Waals surface area (Å²) in [6, 6.07) is 38.0. The average molecular weight is 1680 g/mol. The van der Waals surface area contributed by atoms with Crippen LogP contribution >= 0.6 is 0 Å². The van der Waals surface area contributed by atoms with Crippen LogP contribution in [0.15, 0.2) is 146 Å². The maximum atomic E-state index is 13.9. The van der Waals surface area contributed by atoms with E-state index in [2.05, 4.69) is 118 Å². The van der Waals surface area contributed by atoms with E-state index in [1.807, 2.05) is 0 Å². The maximum Gasteiger partial charge on any atom is 0.549 e. The van der Waals surface area contributed by atoms with Gasteiger partial charge in [0, 0.05) is 23.7 Å². The van der Waals surface area contributed by atoms with E-state index in [9.17, 15) is 57.5 Å². The molecular formula is C78H98O30Si6. The quantitative estimate of drug-likeness (QED) is 0.0138. The van der Waals surface area contributed by atoms with Gasteiger partial charge in [0.2, 0.25) is 0 Å². The third kappa shape index (κ3) is 30.2. The van der Waals surface area contributed by atoms with Gasteiger partial charge in [-0.15, -0.1) is 0 Å².